The fourth-order valence-corrected chi connectivity index (χ4v) is 1.87. The van der Waals surface area contributed by atoms with Crippen LogP contribution in [0.2, 0.25) is 0 Å². The molecule has 0 aliphatic carbocycles. The molecule has 1 heterocycles. The van der Waals surface area contributed by atoms with Gasteiger partial charge in [0.2, 0.25) is 5.89 Å². The number of aryl methyl sites for hydroxylation is 1. The molecule has 0 fully saturated rings. The molecule has 1 amide bonds. The summed E-state index contributed by atoms with van der Waals surface area (Å²) in [5.74, 6) is 1.23. The molecule has 0 bridgehead atoms. The predicted molar refractivity (Wildman–Crippen MR) is 77.1 cm³/mol. The summed E-state index contributed by atoms with van der Waals surface area (Å²) in [5.41, 5.74) is 6.69. The van der Waals surface area contributed by atoms with E-state index in [2.05, 4.69) is 15.5 Å². The Labute approximate surface area is 122 Å². The summed E-state index contributed by atoms with van der Waals surface area (Å²) >= 11 is 0. The number of hydrogen-bond acceptors (Lipinski definition) is 6. The second-order valence-electron chi connectivity index (χ2n) is 4.39. The van der Waals surface area contributed by atoms with Gasteiger partial charge in [-0.1, -0.05) is 11.2 Å². The van der Waals surface area contributed by atoms with E-state index in [4.69, 9.17) is 15.0 Å². The second kappa shape index (κ2) is 6.74. The quantitative estimate of drug-likeness (QED) is 0.778. The molecule has 112 valence electrons. The first-order valence-electron chi connectivity index (χ1n) is 6.70. The van der Waals surface area contributed by atoms with Crippen molar-refractivity contribution in [1.29, 1.82) is 0 Å². The molecule has 0 saturated heterocycles. The number of nitrogens with zero attached hydrogens (tertiary/aromatic N) is 2. The van der Waals surface area contributed by atoms with Crippen molar-refractivity contribution >= 4 is 11.6 Å². The highest BCUT2D eigenvalue weighted by molar-refractivity contribution is 5.98. The fraction of sp³-hybridized carbons (Fsp3) is 0.357. The molecule has 21 heavy (non-hydrogen) atoms. The number of ether oxygens (including phenoxy) is 1. The summed E-state index contributed by atoms with van der Waals surface area (Å²) in [4.78, 5) is 16.2. The Balaban J connectivity index is 1.98. The Morgan fingerprint density at radius 2 is 2.29 bits per heavy atom. The zero-order chi connectivity index (χ0) is 15.2. The van der Waals surface area contributed by atoms with Crippen LogP contribution in [-0.4, -0.2) is 29.2 Å². The lowest BCUT2D eigenvalue weighted by atomic mass is 10.1. The molecule has 7 heteroatoms. The van der Waals surface area contributed by atoms with Gasteiger partial charge in [0.15, 0.2) is 11.6 Å². The van der Waals surface area contributed by atoms with Crippen LogP contribution in [0.4, 0.5) is 5.69 Å². The number of anilines is 1. The first-order chi connectivity index (χ1) is 10.1. The highest BCUT2D eigenvalue weighted by atomic mass is 16.5. The van der Waals surface area contributed by atoms with E-state index in [1.54, 1.807) is 25.1 Å². The van der Waals surface area contributed by atoms with Gasteiger partial charge in [0, 0.05) is 19.9 Å². The van der Waals surface area contributed by atoms with Crippen molar-refractivity contribution in [3.8, 4) is 5.75 Å². The third kappa shape index (κ3) is 3.71. The van der Waals surface area contributed by atoms with Gasteiger partial charge in [-0.25, -0.2) is 0 Å². The van der Waals surface area contributed by atoms with Crippen LogP contribution in [0.1, 0.15) is 29.0 Å². The van der Waals surface area contributed by atoms with Crippen molar-refractivity contribution < 1.29 is 14.1 Å². The van der Waals surface area contributed by atoms with E-state index >= 15 is 0 Å². The number of benzene rings is 1. The number of nitrogen functional groups attached to an aromatic ring is 1. The Bertz CT molecular complexity index is 624. The molecule has 0 saturated carbocycles. The first kappa shape index (κ1) is 14.8. The maximum atomic E-state index is 12.2. The Morgan fingerprint density at radius 1 is 1.48 bits per heavy atom. The van der Waals surface area contributed by atoms with E-state index in [1.165, 1.54) is 0 Å². The van der Waals surface area contributed by atoms with Gasteiger partial charge >= 0.3 is 0 Å². The minimum atomic E-state index is -0.244. The summed E-state index contributed by atoms with van der Waals surface area (Å²) in [6, 6.07) is 5.09. The van der Waals surface area contributed by atoms with E-state index in [1.807, 2.05) is 6.92 Å². The number of aromatic nitrogens is 2. The number of hydrogen-bond donors (Lipinski definition) is 2. The monoisotopic (exact) mass is 290 g/mol. The van der Waals surface area contributed by atoms with Crippen molar-refractivity contribution in [1.82, 2.24) is 15.5 Å². The van der Waals surface area contributed by atoms with Crippen LogP contribution in [0, 0.1) is 6.92 Å². The number of carbonyl (C=O) groups is 1. The van der Waals surface area contributed by atoms with Crippen molar-refractivity contribution in [2.24, 2.45) is 0 Å². The first-order valence-corrected chi connectivity index (χ1v) is 6.70. The number of nitrogens with two attached hydrogens (primary N) is 1. The predicted octanol–water partition coefficient (Wildman–Crippen LogP) is 1.33. The van der Waals surface area contributed by atoms with Crippen LogP contribution in [-0.2, 0) is 6.42 Å². The Hall–Kier alpha value is -2.57. The topological polar surface area (TPSA) is 103 Å². The summed E-state index contributed by atoms with van der Waals surface area (Å²) < 4.78 is 10.3. The zero-order valence-electron chi connectivity index (χ0n) is 12.0. The summed E-state index contributed by atoms with van der Waals surface area (Å²) in [5, 5.41) is 6.55. The van der Waals surface area contributed by atoms with E-state index in [0.717, 1.165) is 0 Å². The molecule has 0 spiro atoms. The summed E-state index contributed by atoms with van der Waals surface area (Å²) in [6.45, 7) is 4.40. The maximum Gasteiger partial charge on any atom is 0.255 e. The third-order valence-electron chi connectivity index (χ3n) is 2.78. The molecule has 7 nitrogen and oxygen atoms in total. The summed E-state index contributed by atoms with van der Waals surface area (Å²) in [6.07, 6.45) is 0.495. The van der Waals surface area contributed by atoms with E-state index in [-0.39, 0.29) is 5.91 Å². The minimum absolute atomic E-state index is 0.244. The van der Waals surface area contributed by atoms with Gasteiger partial charge in [0.25, 0.3) is 5.91 Å². The molecule has 3 N–H and O–H groups in total. The highest BCUT2D eigenvalue weighted by Gasteiger charge is 2.14. The molecule has 2 aromatic rings. The second-order valence-corrected chi connectivity index (χ2v) is 4.39. The lowest BCUT2D eigenvalue weighted by Crippen LogP contribution is -2.26. The molecule has 2 rings (SSSR count). The number of amides is 1. The average molecular weight is 290 g/mol. The molecule has 0 aliphatic heterocycles. The van der Waals surface area contributed by atoms with Crippen molar-refractivity contribution in [3.63, 3.8) is 0 Å². The van der Waals surface area contributed by atoms with Gasteiger partial charge in [0.1, 0.15) is 0 Å². The zero-order valence-corrected chi connectivity index (χ0v) is 12.0. The largest absolute Gasteiger partial charge is 0.491 e. The van der Waals surface area contributed by atoms with Gasteiger partial charge in [-0.15, -0.1) is 0 Å². The van der Waals surface area contributed by atoms with Crippen LogP contribution in [0.15, 0.2) is 22.7 Å². The molecule has 0 atom stereocenters. The van der Waals surface area contributed by atoms with Gasteiger partial charge in [0.05, 0.1) is 17.9 Å². The molecule has 1 aromatic heterocycles. The number of nitrogens with one attached hydrogen (secondary N) is 1. The molecular formula is C14H18N4O3. The maximum absolute atomic E-state index is 12.2. The van der Waals surface area contributed by atoms with E-state index in [9.17, 15) is 4.79 Å². The van der Waals surface area contributed by atoms with E-state index in [0.29, 0.717) is 48.3 Å². The van der Waals surface area contributed by atoms with Gasteiger partial charge < -0.3 is 20.3 Å². The van der Waals surface area contributed by atoms with Gasteiger partial charge in [-0.2, -0.15) is 4.98 Å². The Kier molecular flexibility index (Phi) is 4.76. The highest BCUT2D eigenvalue weighted by Crippen LogP contribution is 2.26. The van der Waals surface area contributed by atoms with Crippen LogP contribution < -0.4 is 15.8 Å². The molecule has 1 aromatic carbocycles. The van der Waals surface area contributed by atoms with Crippen LogP contribution >= 0.6 is 0 Å². The van der Waals surface area contributed by atoms with Crippen LogP contribution in [0.25, 0.3) is 0 Å². The smallest absolute Gasteiger partial charge is 0.255 e. The van der Waals surface area contributed by atoms with E-state index < -0.39 is 0 Å². The van der Waals surface area contributed by atoms with Crippen molar-refractivity contribution in [2.75, 3.05) is 18.9 Å². The van der Waals surface area contributed by atoms with Gasteiger partial charge in [-0.05, 0) is 19.1 Å². The van der Waals surface area contributed by atoms with Crippen LogP contribution in [0.5, 0.6) is 5.75 Å². The lowest BCUT2D eigenvalue weighted by molar-refractivity contribution is 0.0950. The standard InChI is InChI=1S/C14H18N4O3/c1-3-20-13-10(5-4-6-11(13)15)14(19)16-8-7-12-17-9(2)21-18-12/h4-6H,3,7-8,15H2,1-2H3,(H,16,19). The van der Waals surface area contributed by atoms with Gasteiger partial charge in [-0.3, -0.25) is 4.79 Å². The average Bonchev–Trinajstić information content (AvgIpc) is 2.87. The Morgan fingerprint density at radius 3 is 2.95 bits per heavy atom. The molecule has 0 radical (unpaired) electrons. The summed E-state index contributed by atoms with van der Waals surface area (Å²) in [7, 11) is 0. The number of para-hydroxylation sites is 1. The SMILES string of the molecule is CCOc1c(N)cccc1C(=O)NCCc1noc(C)n1. The minimum Gasteiger partial charge on any atom is -0.491 e. The number of rotatable bonds is 6. The lowest BCUT2D eigenvalue weighted by Gasteiger charge is -2.12. The fourth-order valence-electron chi connectivity index (χ4n) is 1.87. The van der Waals surface area contributed by atoms with Crippen LogP contribution in [0.3, 0.4) is 0 Å². The van der Waals surface area contributed by atoms with Crippen molar-refractivity contribution in [2.45, 2.75) is 20.3 Å². The molecule has 0 unspecified atom stereocenters. The molecule has 0 aliphatic rings. The number of carbonyl (C=O) groups excluding carboxylic acids is 1. The molecular weight excluding hydrogens is 272 g/mol. The normalized spacial score (nSPS) is 10.4. The third-order valence-corrected chi connectivity index (χ3v) is 2.78. The van der Waals surface area contributed by atoms with Crippen molar-refractivity contribution in [3.05, 3.63) is 35.5 Å².